The molecule has 4 bridgehead atoms. The number of hydrogen-bond donors (Lipinski definition) is 4. The number of aryl methyl sites for hydroxylation is 1. The van der Waals surface area contributed by atoms with E-state index in [1.54, 1.807) is 69.2 Å². The number of esters is 1. The second kappa shape index (κ2) is 20.3. The van der Waals surface area contributed by atoms with Crippen molar-refractivity contribution >= 4 is 78.9 Å². The smallest absolute Gasteiger partial charge is 0.312 e. The van der Waals surface area contributed by atoms with Crippen LogP contribution in [0.2, 0.25) is 0 Å². The molecule has 3 aliphatic rings. The molecule has 4 aromatic carbocycles. The third kappa shape index (κ3) is 9.39. The lowest BCUT2D eigenvalue weighted by molar-refractivity contribution is -0.160. The van der Waals surface area contributed by atoms with Gasteiger partial charge in [0.2, 0.25) is 0 Å². The molecule has 2 amide bonds. The molecule has 0 unspecified atom stereocenters. The Morgan fingerprint density at radius 3 is 2.32 bits per heavy atom. The Morgan fingerprint density at radius 1 is 0.880 bits per heavy atom. The van der Waals surface area contributed by atoms with Gasteiger partial charge in [-0.2, -0.15) is 0 Å². The number of furan rings is 1. The second-order valence-corrected chi connectivity index (χ2v) is 20.3. The minimum atomic E-state index is -2.08. The number of rotatable bonds is 4. The Bertz CT molecular complexity index is 3460. The molecular formula is C57H62N4O14. The van der Waals surface area contributed by atoms with Gasteiger partial charge in [0.15, 0.2) is 22.3 Å². The van der Waals surface area contributed by atoms with Crippen LogP contribution in [0.1, 0.15) is 80.3 Å². The molecule has 2 aromatic heterocycles. The molecule has 9 rings (SSSR count). The summed E-state index contributed by atoms with van der Waals surface area (Å²) < 4.78 is 36.2. The number of nitrogens with zero attached hydrogens (tertiary/aromatic N) is 3. The molecule has 4 N–H and O–H groups in total. The van der Waals surface area contributed by atoms with Crippen molar-refractivity contribution in [2.24, 2.45) is 23.7 Å². The number of anilines is 2. The maximum Gasteiger partial charge on any atom is 0.312 e. The summed E-state index contributed by atoms with van der Waals surface area (Å²) in [7, 11) is 1.44. The summed E-state index contributed by atoms with van der Waals surface area (Å²) in [6.45, 7) is 16.3. The first kappa shape index (κ1) is 52.3. The highest BCUT2D eigenvalue weighted by Gasteiger charge is 2.50. The van der Waals surface area contributed by atoms with Crippen LogP contribution in [0, 0.1) is 37.5 Å². The van der Waals surface area contributed by atoms with Crippen LogP contribution in [0.3, 0.4) is 0 Å². The van der Waals surface area contributed by atoms with E-state index in [0.717, 1.165) is 11.1 Å². The zero-order valence-electron chi connectivity index (χ0n) is 43.5. The van der Waals surface area contributed by atoms with Crippen molar-refractivity contribution in [3.05, 3.63) is 111 Å². The van der Waals surface area contributed by atoms with Gasteiger partial charge in [-0.1, -0.05) is 45.9 Å². The van der Waals surface area contributed by atoms with Gasteiger partial charge in [-0.05, 0) is 62.7 Å². The number of piperazine rings is 1. The number of phenolic OH excluding ortho intramolecular Hbond substituents is 1. The topological polar surface area (TPSA) is 241 Å². The number of methoxy groups -OCH3 is 1. The molecular weight excluding hydrogens is 965 g/mol. The summed E-state index contributed by atoms with van der Waals surface area (Å²) in [5.74, 6) is -7.53. The van der Waals surface area contributed by atoms with Crippen LogP contribution < -0.4 is 20.4 Å². The maximum absolute atomic E-state index is 15.0. The summed E-state index contributed by atoms with van der Waals surface area (Å²) in [4.78, 5) is 78.8. The zero-order chi connectivity index (χ0) is 53.9. The van der Waals surface area contributed by atoms with Crippen molar-refractivity contribution < 1.29 is 62.3 Å². The molecule has 3 aliphatic heterocycles. The molecule has 394 valence electrons. The van der Waals surface area contributed by atoms with Gasteiger partial charge in [-0.25, -0.2) is 4.98 Å². The monoisotopic (exact) mass is 1030 g/mol. The average molecular weight is 1030 g/mol. The van der Waals surface area contributed by atoms with Gasteiger partial charge < -0.3 is 58.2 Å². The molecule has 9 atom stereocenters. The van der Waals surface area contributed by atoms with E-state index in [9.17, 15) is 39.3 Å². The van der Waals surface area contributed by atoms with E-state index in [0.29, 0.717) is 48.4 Å². The lowest BCUT2D eigenvalue weighted by Crippen LogP contribution is -2.48. The first-order valence-corrected chi connectivity index (χ1v) is 25.1. The van der Waals surface area contributed by atoms with E-state index in [1.165, 1.54) is 53.2 Å². The number of aliphatic hydroxyl groups excluding tert-OH is 2. The number of ether oxygens (including phenoxy) is 4. The third-order valence-corrected chi connectivity index (χ3v) is 15.2. The number of hydrogen-bond acceptors (Lipinski definition) is 16. The van der Waals surface area contributed by atoms with Crippen LogP contribution in [0.25, 0.3) is 43.9 Å². The van der Waals surface area contributed by atoms with Crippen LogP contribution in [0.4, 0.5) is 11.4 Å². The number of benzene rings is 4. The molecule has 0 aliphatic carbocycles. The van der Waals surface area contributed by atoms with Crippen molar-refractivity contribution in [2.75, 3.05) is 43.5 Å². The first-order valence-electron chi connectivity index (χ1n) is 25.1. The van der Waals surface area contributed by atoms with Gasteiger partial charge in [-0.3, -0.25) is 24.0 Å². The Balaban J connectivity index is 1.16. The number of ketones is 1. The van der Waals surface area contributed by atoms with Crippen LogP contribution in [-0.2, 0) is 23.8 Å². The minimum absolute atomic E-state index is 0.0223. The fourth-order valence-electron chi connectivity index (χ4n) is 10.7. The highest BCUT2D eigenvalue weighted by molar-refractivity contribution is 6.26. The molecule has 5 heterocycles. The largest absolute Gasteiger partial charge is 0.505 e. The Kier molecular flexibility index (Phi) is 14.2. The number of allylic oxidation sites excluding steroid dienone is 2. The number of carbonyl (C=O) groups excluding carboxylic acids is 4. The summed E-state index contributed by atoms with van der Waals surface area (Å²) in [6.07, 6.45) is 5.12. The van der Waals surface area contributed by atoms with Crippen LogP contribution >= 0.6 is 0 Å². The molecule has 18 nitrogen and oxygen atoms in total. The normalized spacial score (nSPS) is 27.5. The predicted octanol–water partition coefficient (Wildman–Crippen LogP) is 8.01. The van der Waals surface area contributed by atoms with Crippen molar-refractivity contribution in [3.8, 4) is 11.5 Å². The molecule has 1 fully saturated rings. The first-order chi connectivity index (χ1) is 35.6. The van der Waals surface area contributed by atoms with Gasteiger partial charge in [0.05, 0.1) is 41.8 Å². The number of fused-ring (bicyclic) bond motifs is 3. The van der Waals surface area contributed by atoms with Crippen molar-refractivity contribution in [1.82, 2.24) is 9.88 Å². The minimum Gasteiger partial charge on any atom is -0.505 e. The van der Waals surface area contributed by atoms with Crippen molar-refractivity contribution in [2.45, 2.75) is 92.5 Å². The average Bonchev–Trinajstić information content (AvgIpc) is 3.99. The number of amides is 2. The van der Waals surface area contributed by atoms with E-state index >= 15 is 0 Å². The van der Waals surface area contributed by atoms with Crippen LogP contribution in [0.15, 0.2) is 92.4 Å². The molecule has 1 saturated heterocycles. The number of Topliss-reactive ketones (excluding diaryl/α,β-unsaturated/α-hetero) is 1. The summed E-state index contributed by atoms with van der Waals surface area (Å²) in [5, 5.41) is 38.7. The van der Waals surface area contributed by atoms with Gasteiger partial charge in [0, 0.05) is 110 Å². The molecule has 0 spiro atoms. The predicted molar refractivity (Wildman–Crippen MR) is 281 cm³/mol. The lowest BCUT2D eigenvalue weighted by atomic mass is 9.78. The third-order valence-electron chi connectivity index (χ3n) is 15.2. The zero-order valence-corrected chi connectivity index (χ0v) is 43.5. The molecule has 75 heavy (non-hydrogen) atoms. The van der Waals surface area contributed by atoms with Gasteiger partial charge in [0.25, 0.3) is 17.6 Å². The number of aromatic nitrogens is 1. The fourth-order valence-corrected chi connectivity index (χ4v) is 10.7. The van der Waals surface area contributed by atoms with E-state index in [4.69, 9.17) is 32.8 Å². The van der Waals surface area contributed by atoms with Crippen LogP contribution in [0.5, 0.6) is 11.5 Å². The highest BCUT2D eigenvalue weighted by atomic mass is 16.7. The Hall–Kier alpha value is -7.54. The Labute approximate surface area is 432 Å². The van der Waals surface area contributed by atoms with E-state index in [2.05, 4.69) is 10.2 Å². The van der Waals surface area contributed by atoms with E-state index < -0.39 is 82.7 Å². The Morgan fingerprint density at radius 2 is 1.61 bits per heavy atom. The van der Waals surface area contributed by atoms with Gasteiger partial charge in [-0.15, -0.1) is 0 Å². The number of aliphatic hydroxyl groups is 2. The fraction of sp³-hybridized carbons (Fsp3) is 0.404. The molecule has 0 radical (unpaired) electrons. The van der Waals surface area contributed by atoms with Crippen molar-refractivity contribution in [1.29, 1.82) is 0 Å². The maximum atomic E-state index is 15.0. The van der Waals surface area contributed by atoms with Gasteiger partial charge in [0.1, 0.15) is 34.2 Å². The van der Waals surface area contributed by atoms with Gasteiger partial charge >= 0.3 is 11.8 Å². The van der Waals surface area contributed by atoms with E-state index in [-0.39, 0.29) is 61.5 Å². The standard InChI is InChI=1S/C57H62N4O14/c1-27-12-11-13-28(2)55(68)59-46-50(66)42-41(45-53(46)74-40-26-37(24-29(3)44(40)58-45)60-18-20-61(21-19-60)56(69)36-14-15-39-35(25-36)16-22-71-39)43-52(33(7)49(42)65)75-57(9,54(43)67)72-23-17-38(70-10)30(4)51(73-34(8)62)32(6)48(64)31(5)47(27)63/h11-17,22-27,30-32,38,47-48,51,63-64,66H,18-21H2,1-10H3,(H,59,68)/b12-11+,23-17+,28-13-/t27-,30+,31+,32+,38-,47-,48+,51+,57-/m0/s1. The number of phenols is 1. The number of nitrogens with one attached hydrogen (secondary N) is 1. The molecule has 18 heteroatoms. The second-order valence-electron chi connectivity index (χ2n) is 20.3. The summed E-state index contributed by atoms with van der Waals surface area (Å²) in [6, 6.07) is 10.9. The quantitative estimate of drug-likeness (QED) is 0.0566. The van der Waals surface area contributed by atoms with Crippen molar-refractivity contribution in [3.63, 3.8) is 0 Å². The van der Waals surface area contributed by atoms with E-state index in [1.807, 2.05) is 25.1 Å². The summed E-state index contributed by atoms with van der Waals surface area (Å²) >= 11 is 0. The summed E-state index contributed by atoms with van der Waals surface area (Å²) in [5.41, 5.74) is 2.18. The SMILES string of the molecule is CO[C@H]1/C=C/O[C@@]2(C)Oc3c(C)c(=O)c4c(O)c(c5oc6cc(N7CCN(C(=O)c8ccc9occc9c8)CC7)cc(C)c6nc5c4c3C2=O)NC(=O)/C(C)=C\C=C\[C@H](C)[C@H](O)[C@@H](C)[C@@H](O)[C@@H](C)[C@H](OC(C)=O)[C@@H]1C. The molecule has 0 saturated carbocycles. The number of aromatic hydroxyl groups is 1. The van der Waals surface area contributed by atoms with Crippen LogP contribution in [-0.4, -0.2) is 112 Å². The lowest BCUT2D eigenvalue weighted by Gasteiger charge is -2.38. The molecule has 6 aromatic rings. The highest BCUT2D eigenvalue weighted by Crippen LogP contribution is 2.49. The number of carbonyl (C=O) groups is 4.